The molecule has 2 amide bonds. The van der Waals surface area contributed by atoms with Crippen LogP contribution in [-0.2, 0) is 11.3 Å². The third kappa shape index (κ3) is 7.48. The molecular formula is C30H34Cl4N4O2. The number of carbonyl (C=O) groups excluding carboxylic acids is 2. The van der Waals surface area contributed by atoms with Crippen LogP contribution in [0, 0.1) is 5.41 Å². The van der Waals surface area contributed by atoms with E-state index in [0.29, 0.717) is 22.2 Å². The van der Waals surface area contributed by atoms with Gasteiger partial charge in [0, 0.05) is 37.6 Å². The van der Waals surface area contributed by atoms with Crippen molar-refractivity contribution < 1.29 is 9.59 Å². The maximum atomic E-state index is 13.4. The molecule has 0 aliphatic carbocycles. The molecule has 2 fully saturated rings. The number of hydrogen-bond acceptors (Lipinski definition) is 4. The van der Waals surface area contributed by atoms with Crippen molar-refractivity contribution in [1.82, 2.24) is 20.1 Å². The fourth-order valence-electron chi connectivity index (χ4n) is 5.62. The van der Waals surface area contributed by atoms with Crippen LogP contribution in [0.15, 0.2) is 73.1 Å². The Morgan fingerprint density at radius 2 is 1.68 bits per heavy atom. The van der Waals surface area contributed by atoms with Gasteiger partial charge in [0.25, 0.3) is 5.91 Å². The summed E-state index contributed by atoms with van der Waals surface area (Å²) in [5.74, 6) is 0.109. The average molecular weight is 624 g/mol. The quantitative estimate of drug-likeness (QED) is 0.307. The molecular weight excluding hydrogens is 590 g/mol. The molecule has 0 saturated carbocycles. The first kappa shape index (κ1) is 32.2. The van der Waals surface area contributed by atoms with E-state index in [1.165, 1.54) is 0 Å². The summed E-state index contributed by atoms with van der Waals surface area (Å²) in [7, 11) is 0. The summed E-state index contributed by atoms with van der Waals surface area (Å²) in [6.07, 6.45) is 7.04. The minimum atomic E-state index is -0.237. The van der Waals surface area contributed by atoms with Gasteiger partial charge >= 0.3 is 0 Å². The lowest BCUT2D eigenvalue weighted by Crippen LogP contribution is -2.45. The highest BCUT2D eigenvalue weighted by Crippen LogP contribution is 2.42. The Morgan fingerprint density at radius 3 is 2.35 bits per heavy atom. The van der Waals surface area contributed by atoms with Crippen LogP contribution in [-0.4, -0.2) is 52.8 Å². The highest BCUT2D eigenvalue weighted by atomic mass is 35.5. The van der Waals surface area contributed by atoms with Gasteiger partial charge in [0.2, 0.25) is 5.91 Å². The van der Waals surface area contributed by atoms with Crippen molar-refractivity contribution >= 4 is 59.8 Å². The summed E-state index contributed by atoms with van der Waals surface area (Å²) in [5.41, 5.74) is 2.38. The lowest BCUT2D eigenvalue weighted by Gasteiger charge is -2.38. The molecule has 0 radical (unpaired) electrons. The maximum absolute atomic E-state index is 13.4. The van der Waals surface area contributed by atoms with E-state index in [0.717, 1.165) is 63.0 Å². The first-order valence-electron chi connectivity index (χ1n) is 13.1. The zero-order valence-electron chi connectivity index (χ0n) is 22.1. The second-order valence-electron chi connectivity index (χ2n) is 10.3. The van der Waals surface area contributed by atoms with E-state index in [4.69, 9.17) is 23.2 Å². The number of benzene rings is 2. The normalized spacial score (nSPS) is 17.1. The predicted molar refractivity (Wildman–Crippen MR) is 165 cm³/mol. The summed E-state index contributed by atoms with van der Waals surface area (Å²) in [4.78, 5) is 35.0. The number of carbonyl (C=O) groups is 2. The molecule has 1 spiro atoms. The maximum Gasteiger partial charge on any atom is 0.251 e. The molecule has 40 heavy (non-hydrogen) atoms. The van der Waals surface area contributed by atoms with Crippen LogP contribution in [0.25, 0.3) is 0 Å². The van der Waals surface area contributed by atoms with Crippen molar-refractivity contribution in [2.75, 3.05) is 26.2 Å². The van der Waals surface area contributed by atoms with Crippen molar-refractivity contribution in [2.24, 2.45) is 5.41 Å². The molecule has 1 N–H and O–H groups in total. The van der Waals surface area contributed by atoms with E-state index in [2.05, 4.69) is 15.2 Å². The first-order chi connectivity index (χ1) is 18.4. The number of aromatic nitrogens is 1. The molecule has 1 atom stereocenters. The molecule has 2 aliphatic rings. The van der Waals surface area contributed by atoms with Gasteiger partial charge in [-0.25, -0.2) is 0 Å². The van der Waals surface area contributed by atoms with E-state index in [9.17, 15) is 9.59 Å². The molecule has 3 aromatic rings. The number of hydrogen-bond donors (Lipinski definition) is 1. The molecule has 5 rings (SSSR count). The van der Waals surface area contributed by atoms with Gasteiger partial charge in [0.15, 0.2) is 0 Å². The number of pyridine rings is 1. The fourth-order valence-corrected chi connectivity index (χ4v) is 5.92. The Labute approximate surface area is 258 Å². The number of likely N-dealkylation sites (tertiary alicyclic amines) is 2. The minimum absolute atomic E-state index is 0. The van der Waals surface area contributed by atoms with Gasteiger partial charge in [0.05, 0.1) is 21.5 Å². The molecule has 1 aromatic heterocycles. The van der Waals surface area contributed by atoms with E-state index in [-0.39, 0.29) is 48.1 Å². The Hall–Kier alpha value is -2.35. The van der Waals surface area contributed by atoms with Crippen molar-refractivity contribution in [3.63, 3.8) is 0 Å². The third-order valence-electron chi connectivity index (χ3n) is 7.93. The number of nitrogens with zero attached hydrogens (tertiary/aromatic N) is 3. The van der Waals surface area contributed by atoms with Gasteiger partial charge in [-0.05, 0) is 74.2 Å². The zero-order valence-corrected chi connectivity index (χ0v) is 25.2. The molecule has 2 saturated heterocycles. The van der Waals surface area contributed by atoms with Crippen LogP contribution in [0.5, 0.6) is 0 Å². The van der Waals surface area contributed by atoms with Gasteiger partial charge in [-0.1, -0.05) is 59.6 Å². The van der Waals surface area contributed by atoms with Crippen molar-refractivity contribution in [3.05, 3.63) is 99.8 Å². The number of piperidine rings is 1. The number of halogens is 4. The summed E-state index contributed by atoms with van der Waals surface area (Å²) in [6.45, 7) is 4.05. The monoisotopic (exact) mass is 622 g/mol. The molecule has 1 unspecified atom stereocenters. The SMILES string of the molecule is Cl.Cl.O=C(NC(CCN1CCC2(CC1)CCN(Cc1cccnc1)C2=O)c1ccccc1)c1ccc(Cl)c(Cl)c1. The molecule has 3 heterocycles. The Balaban J connectivity index is 0.00000220. The van der Waals surface area contributed by atoms with Gasteiger partial charge in [-0.2, -0.15) is 0 Å². The lowest BCUT2D eigenvalue weighted by atomic mass is 9.77. The summed E-state index contributed by atoms with van der Waals surface area (Å²) in [6, 6.07) is 18.8. The third-order valence-corrected chi connectivity index (χ3v) is 8.67. The van der Waals surface area contributed by atoms with E-state index in [1.54, 1.807) is 24.4 Å². The first-order valence-corrected chi connectivity index (χ1v) is 13.9. The average Bonchev–Trinajstić information content (AvgIpc) is 3.24. The van der Waals surface area contributed by atoms with E-state index < -0.39 is 0 Å². The Bertz CT molecular complexity index is 1270. The van der Waals surface area contributed by atoms with Gasteiger partial charge < -0.3 is 15.1 Å². The molecule has 2 aliphatic heterocycles. The van der Waals surface area contributed by atoms with Gasteiger partial charge in [0.1, 0.15) is 0 Å². The van der Waals surface area contributed by atoms with Crippen LogP contribution >= 0.6 is 48.0 Å². The second-order valence-corrected chi connectivity index (χ2v) is 11.1. The van der Waals surface area contributed by atoms with Crippen molar-refractivity contribution in [2.45, 2.75) is 38.3 Å². The molecule has 10 heteroatoms. The second kappa shape index (κ2) is 14.5. The van der Waals surface area contributed by atoms with Gasteiger partial charge in [-0.3, -0.25) is 14.6 Å². The topological polar surface area (TPSA) is 65.5 Å². The zero-order chi connectivity index (χ0) is 26.5. The predicted octanol–water partition coefficient (Wildman–Crippen LogP) is 6.61. The molecule has 0 bridgehead atoms. The molecule has 2 aromatic carbocycles. The molecule has 6 nitrogen and oxygen atoms in total. The standard InChI is InChI=1S/C30H32Cl2N4O2.2ClH/c31-25-9-8-24(19-26(25)32)28(37)34-27(23-6-2-1-3-7-23)10-15-35-16-11-30(12-17-35)13-18-36(29(30)38)21-22-5-4-14-33-20-22;;/h1-9,14,19-20,27H,10-13,15-18,21H2,(H,34,37);2*1H. The van der Waals surface area contributed by atoms with Crippen LogP contribution < -0.4 is 5.32 Å². The summed E-state index contributed by atoms with van der Waals surface area (Å²) in [5, 5.41) is 3.97. The smallest absolute Gasteiger partial charge is 0.251 e. The largest absolute Gasteiger partial charge is 0.345 e. The number of rotatable bonds is 8. The lowest BCUT2D eigenvalue weighted by molar-refractivity contribution is -0.138. The van der Waals surface area contributed by atoms with Crippen molar-refractivity contribution in [1.29, 1.82) is 0 Å². The van der Waals surface area contributed by atoms with E-state index in [1.807, 2.05) is 53.6 Å². The van der Waals surface area contributed by atoms with Crippen LogP contribution in [0.4, 0.5) is 0 Å². The summed E-state index contributed by atoms with van der Waals surface area (Å²) < 4.78 is 0. The number of nitrogens with one attached hydrogen (secondary N) is 1. The van der Waals surface area contributed by atoms with Gasteiger partial charge in [-0.15, -0.1) is 24.8 Å². The highest BCUT2D eigenvalue weighted by molar-refractivity contribution is 6.42. The van der Waals surface area contributed by atoms with Crippen LogP contribution in [0.3, 0.4) is 0 Å². The Kier molecular flexibility index (Phi) is 11.7. The Morgan fingerprint density at radius 1 is 0.950 bits per heavy atom. The van der Waals surface area contributed by atoms with Crippen LogP contribution in [0.1, 0.15) is 53.2 Å². The van der Waals surface area contributed by atoms with Crippen molar-refractivity contribution in [3.8, 4) is 0 Å². The van der Waals surface area contributed by atoms with E-state index >= 15 is 0 Å². The van der Waals surface area contributed by atoms with Crippen LogP contribution in [0.2, 0.25) is 10.0 Å². The molecule has 214 valence electrons. The minimum Gasteiger partial charge on any atom is -0.345 e. The summed E-state index contributed by atoms with van der Waals surface area (Å²) >= 11 is 12.2. The fraction of sp³-hybridized carbons (Fsp3) is 0.367. The highest BCUT2D eigenvalue weighted by Gasteiger charge is 2.47. The number of amides is 2.